The van der Waals surface area contributed by atoms with Crippen molar-refractivity contribution in [3.63, 3.8) is 0 Å². The molecule has 0 saturated heterocycles. The van der Waals surface area contributed by atoms with Gasteiger partial charge in [0.2, 0.25) is 0 Å². The molecule has 68 valence electrons. The number of benzene rings is 1. The average molecular weight is 367 g/mol. The van der Waals surface area contributed by atoms with Crippen molar-refractivity contribution in [3.8, 4) is 0 Å². The van der Waals surface area contributed by atoms with Crippen LogP contribution in [0.25, 0.3) is 10.1 Å². The molecule has 0 aliphatic rings. The Kier molecular flexibility index (Phi) is 2.95. The molecule has 0 radical (unpaired) electrons. The normalized spacial score (nSPS) is 11.0. The molecule has 0 fully saturated rings. The van der Waals surface area contributed by atoms with Gasteiger partial charge in [0.25, 0.3) is 0 Å². The van der Waals surface area contributed by atoms with Crippen LogP contribution in [0, 0.1) is 3.57 Å². The van der Waals surface area contributed by atoms with E-state index in [0.717, 1.165) is 6.42 Å². The first kappa shape index (κ1) is 9.93. The Morgan fingerprint density at radius 3 is 2.92 bits per heavy atom. The number of thiophene rings is 1. The van der Waals surface area contributed by atoms with Crippen LogP contribution in [-0.4, -0.2) is 0 Å². The highest BCUT2D eigenvalue weighted by atomic mass is 127. The van der Waals surface area contributed by atoms with Crippen LogP contribution in [0.3, 0.4) is 0 Å². The fraction of sp³-hybridized carbons (Fsp3) is 0.200. The van der Waals surface area contributed by atoms with Crippen molar-refractivity contribution in [3.05, 3.63) is 31.1 Å². The maximum Gasteiger partial charge on any atom is 0.0711 e. The molecule has 0 unspecified atom stereocenters. The number of hydrogen-bond donors (Lipinski definition) is 0. The third kappa shape index (κ3) is 1.78. The summed E-state index contributed by atoms with van der Waals surface area (Å²) in [5.74, 6) is 0. The zero-order valence-corrected chi connectivity index (χ0v) is 11.7. The highest BCUT2D eigenvalue weighted by Crippen LogP contribution is 2.34. The molecule has 0 aliphatic carbocycles. The van der Waals surface area contributed by atoms with E-state index in [2.05, 4.69) is 63.6 Å². The molecular weight excluding hydrogens is 359 g/mol. The van der Waals surface area contributed by atoms with Crippen molar-refractivity contribution in [2.24, 2.45) is 0 Å². The van der Waals surface area contributed by atoms with Crippen LogP contribution >= 0.6 is 49.9 Å². The first-order valence-electron chi connectivity index (χ1n) is 4.08. The monoisotopic (exact) mass is 366 g/mol. The van der Waals surface area contributed by atoms with E-state index in [0.29, 0.717) is 0 Å². The minimum absolute atomic E-state index is 1.11. The molecule has 3 heteroatoms. The highest BCUT2D eigenvalue weighted by molar-refractivity contribution is 14.1. The molecule has 2 rings (SSSR count). The van der Waals surface area contributed by atoms with E-state index in [1.54, 1.807) is 11.3 Å². The molecular formula is C10H8BrIS. The summed E-state index contributed by atoms with van der Waals surface area (Å²) in [6, 6.07) is 6.65. The zero-order chi connectivity index (χ0) is 9.42. The Balaban J connectivity index is 2.78. The second-order valence-electron chi connectivity index (χ2n) is 2.85. The lowest BCUT2D eigenvalue weighted by atomic mass is 10.1. The lowest BCUT2D eigenvalue weighted by molar-refractivity contribution is 1.13. The summed E-state index contributed by atoms with van der Waals surface area (Å²) in [6.45, 7) is 2.20. The second-order valence-corrected chi connectivity index (χ2v) is 6.40. The molecule has 0 amide bonds. The van der Waals surface area contributed by atoms with Gasteiger partial charge in [0.1, 0.15) is 0 Å². The van der Waals surface area contributed by atoms with Crippen molar-refractivity contribution in [1.82, 2.24) is 0 Å². The predicted molar refractivity (Wildman–Crippen MR) is 71.6 cm³/mol. The summed E-state index contributed by atoms with van der Waals surface area (Å²) in [5, 5.41) is 1.39. The topological polar surface area (TPSA) is 0 Å². The minimum atomic E-state index is 1.11. The Bertz CT molecular complexity index is 447. The summed E-state index contributed by atoms with van der Waals surface area (Å²) in [4.78, 5) is 0. The molecule has 1 heterocycles. The van der Waals surface area contributed by atoms with Gasteiger partial charge < -0.3 is 0 Å². The maximum absolute atomic E-state index is 3.52. The van der Waals surface area contributed by atoms with Gasteiger partial charge in [-0.05, 0) is 62.6 Å². The van der Waals surface area contributed by atoms with E-state index in [1.165, 1.54) is 23.0 Å². The van der Waals surface area contributed by atoms with Crippen LogP contribution in [0.1, 0.15) is 12.5 Å². The average Bonchev–Trinajstić information content (AvgIpc) is 2.47. The molecule has 0 bridgehead atoms. The predicted octanol–water partition coefficient (Wildman–Crippen LogP) is 4.83. The first-order valence-corrected chi connectivity index (χ1v) is 6.77. The summed E-state index contributed by atoms with van der Waals surface area (Å²) >= 11 is 7.76. The Hall–Kier alpha value is 0.390. The van der Waals surface area contributed by atoms with Crippen molar-refractivity contribution in [2.75, 3.05) is 0 Å². The number of aryl methyl sites for hydroxylation is 1. The largest absolute Gasteiger partial charge is 0.128 e. The molecule has 13 heavy (non-hydrogen) atoms. The van der Waals surface area contributed by atoms with Gasteiger partial charge in [-0.2, -0.15) is 0 Å². The quantitative estimate of drug-likeness (QED) is 0.634. The van der Waals surface area contributed by atoms with E-state index < -0.39 is 0 Å². The van der Waals surface area contributed by atoms with Crippen molar-refractivity contribution >= 4 is 59.9 Å². The summed E-state index contributed by atoms with van der Waals surface area (Å²) in [7, 11) is 0. The van der Waals surface area contributed by atoms with Gasteiger partial charge >= 0.3 is 0 Å². The highest BCUT2D eigenvalue weighted by Gasteiger charge is 2.06. The molecule has 0 nitrogen and oxygen atoms in total. The molecule has 0 saturated carbocycles. The lowest BCUT2D eigenvalue weighted by Gasteiger charge is -2.01. The summed E-state index contributed by atoms with van der Waals surface area (Å²) < 4.78 is 3.99. The van der Waals surface area contributed by atoms with Gasteiger partial charge in [0.15, 0.2) is 0 Å². The van der Waals surface area contributed by atoms with Crippen LogP contribution in [-0.2, 0) is 6.42 Å². The minimum Gasteiger partial charge on any atom is -0.128 e. The molecule has 1 aromatic carbocycles. The zero-order valence-electron chi connectivity index (χ0n) is 7.10. The third-order valence-corrected chi connectivity index (χ3v) is 4.94. The van der Waals surface area contributed by atoms with E-state index in [-0.39, 0.29) is 0 Å². The number of hydrogen-bond acceptors (Lipinski definition) is 1. The fourth-order valence-corrected chi connectivity index (χ4v) is 4.10. The third-order valence-electron chi connectivity index (χ3n) is 2.07. The van der Waals surface area contributed by atoms with Gasteiger partial charge in [-0.25, -0.2) is 0 Å². The Morgan fingerprint density at radius 2 is 2.23 bits per heavy atom. The van der Waals surface area contributed by atoms with E-state index >= 15 is 0 Å². The Labute approximate surface area is 104 Å². The van der Waals surface area contributed by atoms with Gasteiger partial charge in [-0.3, -0.25) is 0 Å². The lowest BCUT2D eigenvalue weighted by Crippen LogP contribution is -1.84. The number of rotatable bonds is 1. The maximum atomic E-state index is 3.52. The first-order chi connectivity index (χ1) is 6.22. The van der Waals surface area contributed by atoms with Gasteiger partial charge in [0, 0.05) is 13.7 Å². The summed E-state index contributed by atoms with van der Waals surface area (Å²) in [5.41, 5.74) is 1.44. The van der Waals surface area contributed by atoms with Crippen LogP contribution in [0.4, 0.5) is 0 Å². The molecule has 1 aromatic heterocycles. The van der Waals surface area contributed by atoms with E-state index in [4.69, 9.17) is 0 Å². The smallest absolute Gasteiger partial charge is 0.0711 e. The molecule has 0 aliphatic heterocycles. The molecule has 2 aromatic rings. The second kappa shape index (κ2) is 3.87. The number of fused-ring (bicyclic) bond motifs is 1. The number of halogens is 2. The van der Waals surface area contributed by atoms with Crippen LogP contribution in [0.15, 0.2) is 22.0 Å². The fourth-order valence-electron chi connectivity index (χ4n) is 1.36. The van der Waals surface area contributed by atoms with Gasteiger partial charge in [-0.15, -0.1) is 11.3 Å². The van der Waals surface area contributed by atoms with Crippen LogP contribution in [0.2, 0.25) is 0 Å². The van der Waals surface area contributed by atoms with E-state index in [1.807, 2.05) is 0 Å². The molecule has 0 N–H and O–H groups in total. The standard InChI is InChI=1S/C10H8BrIS/c1-2-6-3-4-8-7(10(6)12)5-9(11)13-8/h3-5H,2H2,1H3. The SMILES string of the molecule is CCc1ccc2sc(Br)cc2c1I. The van der Waals surface area contributed by atoms with Crippen molar-refractivity contribution < 1.29 is 0 Å². The van der Waals surface area contributed by atoms with E-state index in [9.17, 15) is 0 Å². The van der Waals surface area contributed by atoms with Gasteiger partial charge in [0.05, 0.1) is 3.79 Å². The molecule has 0 spiro atoms. The van der Waals surface area contributed by atoms with Gasteiger partial charge in [-0.1, -0.05) is 13.0 Å². The van der Waals surface area contributed by atoms with Crippen LogP contribution < -0.4 is 0 Å². The Morgan fingerprint density at radius 1 is 1.46 bits per heavy atom. The summed E-state index contributed by atoms with van der Waals surface area (Å²) in [6.07, 6.45) is 1.11. The molecule has 0 atom stereocenters. The van der Waals surface area contributed by atoms with Crippen molar-refractivity contribution in [1.29, 1.82) is 0 Å². The van der Waals surface area contributed by atoms with Crippen molar-refractivity contribution in [2.45, 2.75) is 13.3 Å². The van der Waals surface area contributed by atoms with Crippen LogP contribution in [0.5, 0.6) is 0 Å².